The molecule has 0 amide bonds. The van der Waals surface area contributed by atoms with Gasteiger partial charge in [-0.2, -0.15) is 0 Å². The average Bonchev–Trinajstić information content (AvgIpc) is 1.99. The van der Waals surface area contributed by atoms with Crippen LogP contribution in [0.4, 0.5) is 0 Å². The smallest absolute Gasteiger partial charge is 0.214 e. The third kappa shape index (κ3) is 2.65. The molecule has 78 valence electrons. The fraction of sp³-hybridized carbons (Fsp3) is 1.00. The van der Waals surface area contributed by atoms with Gasteiger partial charge in [-0.15, -0.1) is 0 Å². The first-order valence-electron chi connectivity index (χ1n) is 4.78. The predicted octanol–water partition coefficient (Wildman–Crippen LogP) is -0.123. The highest BCUT2D eigenvalue weighted by atomic mass is 32.2. The van der Waals surface area contributed by atoms with E-state index in [1.165, 1.54) is 4.31 Å². The third-order valence-corrected chi connectivity index (χ3v) is 4.61. The number of nitrogens with zero attached hydrogens (tertiary/aromatic N) is 1. The SMILES string of the molecule is CCN(CC)S(=O)(=O)CC1CNC1. The van der Waals surface area contributed by atoms with E-state index in [1.54, 1.807) is 0 Å². The predicted molar refractivity (Wildman–Crippen MR) is 53.1 cm³/mol. The van der Waals surface area contributed by atoms with Crippen molar-refractivity contribution in [1.29, 1.82) is 0 Å². The molecule has 1 saturated heterocycles. The molecule has 1 aliphatic rings. The normalized spacial score (nSPS) is 19.0. The number of rotatable bonds is 5. The summed E-state index contributed by atoms with van der Waals surface area (Å²) in [5.41, 5.74) is 0. The Kier molecular flexibility index (Phi) is 3.70. The number of sulfonamides is 1. The molecule has 0 saturated carbocycles. The summed E-state index contributed by atoms with van der Waals surface area (Å²) >= 11 is 0. The van der Waals surface area contributed by atoms with Crippen LogP contribution in [-0.2, 0) is 10.0 Å². The van der Waals surface area contributed by atoms with E-state index in [0.717, 1.165) is 13.1 Å². The van der Waals surface area contributed by atoms with Crippen molar-refractivity contribution >= 4 is 10.0 Å². The molecule has 0 aromatic rings. The standard InChI is InChI=1S/C8H18N2O2S/c1-3-10(4-2)13(11,12)7-8-5-9-6-8/h8-9H,3-7H2,1-2H3. The Balaban J connectivity index is 2.52. The van der Waals surface area contributed by atoms with Gasteiger partial charge in [0, 0.05) is 26.2 Å². The second kappa shape index (κ2) is 4.39. The summed E-state index contributed by atoms with van der Waals surface area (Å²) in [5, 5.41) is 3.08. The average molecular weight is 206 g/mol. The minimum atomic E-state index is -2.99. The second-order valence-corrected chi connectivity index (χ2v) is 5.40. The van der Waals surface area contributed by atoms with E-state index in [1.807, 2.05) is 13.8 Å². The van der Waals surface area contributed by atoms with Crippen LogP contribution in [-0.4, -0.2) is 44.7 Å². The van der Waals surface area contributed by atoms with Crippen LogP contribution in [0.3, 0.4) is 0 Å². The maximum Gasteiger partial charge on any atom is 0.214 e. The number of hydrogen-bond acceptors (Lipinski definition) is 3. The lowest BCUT2D eigenvalue weighted by atomic mass is 10.1. The van der Waals surface area contributed by atoms with E-state index >= 15 is 0 Å². The molecule has 1 rings (SSSR count). The quantitative estimate of drug-likeness (QED) is 0.682. The summed E-state index contributed by atoms with van der Waals surface area (Å²) < 4.78 is 24.9. The van der Waals surface area contributed by atoms with Crippen LogP contribution in [0, 0.1) is 5.92 Å². The lowest BCUT2D eigenvalue weighted by molar-refractivity contribution is 0.365. The first-order valence-corrected chi connectivity index (χ1v) is 6.39. The van der Waals surface area contributed by atoms with Crippen LogP contribution >= 0.6 is 0 Å². The molecule has 1 N–H and O–H groups in total. The first-order chi connectivity index (χ1) is 6.10. The highest BCUT2D eigenvalue weighted by Crippen LogP contribution is 2.10. The molecular formula is C8H18N2O2S. The van der Waals surface area contributed by atoms with Gasteiger partial charge in [0.25, 0.3) is 0 Å². The summed E-state index contributed by atoms with van der Waals surface area (Å²) in [5.74, 6) is 0.632. The second-order valence-electron chi connectivity index (χ2n) is 3.39. The zero-order chi connectivity index (χ0) is 9.90. The minimum Gasteiger partial charge on any atom is -0.316 e. The Labute approximate surface area is 80.4 Å². The first kappa shape index (κ1) is 10.9. The molecule has 0 bridgehead atoms. The molecule has 1 aliphatic heterocycles. The Hall–Kier alpha value is -0.130. The monoisotopic (exact) mass is 206 g/mol. The fourth-order valence-corrected chi connectivity index (χ4v) is 3.32. The largest absolute Gasteiger partial charge is 0.316 e. The summed E-state index contributed by atoms with van der Waals surface area (Å²) in [6.07, 6.45) is 0. The third-order valence-electron chi connectivity index (χ3n) is 2.41. The van der Waals surface area contributed by atoms with Crippen LogP contribution in [0.25, 0.3) is 0 Å². The van der Waals surface area contributed by atoms with E-state index in [-0.39, 0.29) is 0 Å². The maximum atomic E-state index is 11.7. The zero-order valence-electron chi connectivity index (χ0n) is 8.28. The van der Waals surface area contributed by atoms with E-state index in [2.05, 4.69) is 5.32 Å². The van der Waals surface area contributed by atoms with Gasteiger partial charge in [0.1, 0.15) is 0 Å². The van der Waals surface area contributed by atoms with Gasteiger partial charge >= 0.3 is 0 Å². The van der Waals surface area contributed by atoms with Gasteiger partial charge in [-0.25, -0.2) is 12.7 Å². The lowest BCUT2D eigenvalue weighted by Gasteiger charge is -2.29. The molecule has 0 aromatic heterocycles. The van der Waals surface area contributed by atoms with Crippen molar-refractivity contribution < 1.29 is 8.42 Å². The molecule has 5 heteroatoms. The van der Waals surface area contributed by atoms with Crippen molar-refractivity contribution in [2.45, 2.75) is 13.8 Å². The molecule has 1 heterocycles. The van der Waals surface area contributed by atoms with E-state index < -0.39 is 10.0 Å². The molecule has 1 fully saturated rings. The van der Waals surface area contributed by atoms with Gasteiger partial charge in [0.05, 0.1) is 5.75 Å². The van der Waals surface area contributed by atoms with Crippen molar-refractivity contribution in [1.82, 2.24) is 9.62 Å². The molecule has 0 radical (unpaired) electrons. The van der Waals surface area contributed by atoms with Gasteiger partial charge in [-0.3, -0.25) is 0 Å². The van der Waals surface area contributed by atoms with E-state index in [4.69, 9.17) is 0 Å². The summed E-state index contributed by atoms with van der Waals surface area (Å²) in [6.45, 7) is 6.61. The molecule has 0 unspecified atom stereocenters. The van der Waals surface area contributed by atoms with Gasteiger partial charge in [0.15, 0.2) is 0 Å². The summed E-state index contributed by atoms with van der Waals surface area (Å²) in [4.78, 5) is 0. The topological polar surface area (TPSA) is 49.4 Å². The van der Waals surface area contributed by atoms with Gasteiger partial charge < -0.3 is 5.32 Å². The Morgan fingerprint density at radius 3 is 2.15 bits per heavy atom. The molecule has 4 nitrogen and oxygen atoms in total. The van der Waals surface area contributed by atoms with Gasteiger partial charge in [-0.05, 0) is 5.92 Å². The molecular weight excluding hydrogens is 188 g/mol. The molecule has 0 spiro atoms. The Morgan fingerprint density at radius 2 is 1.85 bits per heavy atom. The van der Waals surface area contributed by atoms with Crippen LogP contribution in [0.1, 0.15) is 13.8 Å². The van der Waals surface area contributed by atoms with Gasteiger partial charge in [-0.1, -0.05) is 13.8 Å². The van der Waals surface area contributed by atoms with E-state index in [0.29, 0.717) is 24.8 Å². The Morgan fingerprint density at radius 1 is 1.31 bits per heavy atom. The van der Waals surface area contributed by atoms with Crippen molar-refractivity contribution in [2.24, 2.45) is 5.92 Å². The highest BCUT2D eigenvalue weighted by Gasteiger charge is 2.27. The van der Waals surface area contributed by atoms with Crippen LogP contribution in [0.5, 0.6) is 0 Å². The van der Waals surface area contributed by atoms with Crippen molar-refractivity contribution in [3.63, 3.8) is 0 Å². The number of hydrogen-bond donors (Lipinski definition) is 1. The summed E-state index contributed by atoms with van der Waals surface area (Å²) in [6, 6.07) is 0. The highest BCUT2D eigenvalue weighted by molar-refractivity contribution is 7.89. The maximum absolute atomic E-state index is 11.7. The number of nitrogens with one attached hydrogen (secondary N) is 1. The van der Waals surface area contributed by atoms with Crippen LogP contribution in [0.2, 0.25) is 0 Å². The van der Waals surface area contributed by atoms with Crippen molar-refractivity contribution in [3.05, 3.63) is 0 Å². The molecule has 13 heavy (non-hydrogen) atoms. The Bertz CT molecular complexity index is 243. The minimum absolute atomic E-state index is 0.307. The van der Waals surface area contributed by atoms with Crippen LogP contribution < -0.4 is 5.32 Å². The molecule has 0 aliphatic carbocycles. The fourth-order valence-electron chi connectivity index (χ4n) is 1.49. The van der Waals surface area contributed by atoms with E-state index in [9.17, 15) is 8.42 Å². The van der Waals surface area contributed by atoms with Crippen LogP contribution in [0.15, 0.2) is 0 Å². The zero-order valence-corrected chi connectivity index (χ0v) is 9.10. The lowest BCUT2D eigenvalue weighted by Crippen LogP contribution is -2.48. The van der Waals surface area contributed by atoms with Crippen molar-refractivity contribution in [3.8, 4) is 0 Å². The molecule has 0 aromatic carbocycles. The van der Waals surface area contributed by atoms with Crippen molar-refractivity contribution in [2.75, 3.05) is 31.9 Å². The van der Waals surface area contributed by atoms with Gasteiger partial charge in [0.2, 0.25) is 10.0 Å². The molecule has 0 atom stereocenters. The summed E-state index contributed by atoms with van der Waals surface area (Å²) in [7, 11) is -2.99.